The lowest BCUT2D eigenvalue weighted by Crippen LogP contribution is -2.26. The van der Waals surface area contributed by atoms with E-state index in [0.717, 1.165) is 29.0 Å². The summed E-state index contributed by atoms with van der Waals surface area (Å²) in [6.07, 6.45) is 1.26. The van der Waals surface area contributed by atoms with Crippen LogP contribution in [0.3, 0.4) is 0 Å². The molecule has 2 amide bonds. The molecule has 2 aromatic rings. The number of thiazole rings is 1. The predicted octanol–water partition coefficient (Wildman–Crippen LogP) is 2.57. The third kappa shape index (κ3) is 3.22. The van der Waals surface area contributed by atoms with Crippen LogP contribution < -0.4 is 15.4 Å². The number of amides is 2. The van der Waals surface area contributed by atoms with Gasteiger partial charge in [-0.25, -0.2) is 4.98 Å². The van der Waals surface area contributed by atoms with Crippen LogP contribution >= 0.6 is 11.3 Å². The summed E-state index contributed by atoms with van der Waals surface area (Å²) in [5.74, 6) is 0.316. The van der Waals surface area contributed by atoms with Crippen LogP contribution in [-0.4, -0.2) is 36.1 Å². The van der Waals surface area contributed by atoms with Crippen molar-refractivity contribution in [3.8, 4) is 17.0 Å². The number of benzene rings is 1. The Balaban J connectivity index is 1.57. The molecule has 0 aliphatic carbocycles. The number of hydrogen-bond donors (Lipinski definition) is 2. The lowest BCUT2D eigenvalue weighted by Gasteiger charge is -2.18. The zero-order valence-electron chi connectivity index (χ0n) is 13.6. The number of nitrogens with one attached hydrogen (secondary N) is 2. The summed E-state index contributed by atoms with van der Waals surface area (Å²) in [6, 6.07) is 5.54. The first kappa shape index (κ1) is 16.0. The quantitative estimate of drug-likeness (QED) is 0.879. The minimum atomic E-state index is -0.385. The topological polar surface area (TPSA) is 89.5 Å². The van der Waals surface area contributed by atoms with Gasteiger partial charge >= 0.3 is 0 Å². The molecule has 130 valence electrons. The molecule has 0 saturated carbocycles. The molecule has 2 aliphatic rings. The molecule has 0 bridgehead atoms. The Kier molecular flexibility index (Phi) is 4.14. The van der Waals surface area contributed by atoms with Gasteiger partial charge in [0.15, 0.2) is 11.7 Å². The Morgan fingerprint density at radius 1 is 1.44 bits per heavy atom. The van der Waals surface area contributed by atoms with Crippen LogP contribution in [0.2, 0.25) is 0 Å². The van der Waals surface area contributed by atoms with Crippen LogP contribution in [0.5, 0.6) is 5.75 Å². The predicted molar refractivity (Wildman–Crippen MR) is 94.0 cm³/mol. The smallest absolute Gasteiger partial charge is 0.262 e. The Morgan fingerprint density at radius 2 is 2.32 bits per heavy atom. The molecule has 25 heavy (non-hydrogen) atoms. The molecule has 3 heterocycles. The molecule has 4 rings (SSSR count). The van der Waals surface area contributed by atoms with Crippen molar-refractivity contribution in [3.05, 3.63) is 23.1 Å². The molecular weight excluding hydrogens is 342 g/mol. The standard InChI is InChI=1S/C17H17N3O4S/c1-9-15(10-4-5-12-11(7-10)18-14(21)8-24-12)19-17(25-9)20-16(22)13-3-2-6-23-13/h4-5,7,13H,2-3,6,8H2,1H3,(H,18,21)(H,19,20,22)/t13-/m1/s1. The highest BCUT2D eigenvalue weighted by atomic mass is 32.1. The Bertz CT molecular complexity index is 842. The normalized spacial score (nSPS) is 19.1. The summed E-state index contributed by atoms with van der Waals surface area (Å²) in [6.45, 7) is 2.61. The van der Waals surface area contributed by atoms with Crippen molar-refractivity contribution < 1.29 is 19.1 Å². The molecule has 1 atom stereocenters. The van der Waals surface area contributed by atoms with E-state index in [1.807, 2.05) is 25.1 Å². The maximum Gasteiger partial charge on any atom is 0.262 e. The van der Waals surface area contributed by atoms with Gasteiger partial charge in [-0.2, -0.15) is 0 Å². The molecule has 1 aromatic carbocycles. The SMILES string of the molecule is Cc1sc(NC(=O)[C@H]2CCCO2)nc1-c1ccc2c(c1)NC(=O)CO2. The van der Waals surface area contributed by atoms with Crippen molar-refractivity contribution in [2.45, 2.75) is 25.9 Å². The van der Waals surface area contributed by atoms with Crippen LogP contribution in [-0.2, 0) is 14.3 Å². The largest absolute Gasteiger partial charge is 0.482 e. The van der Waals surface area contributed by atoms with E-state index in [2.05, 4.69) is 15.6 Å². The van der Waals surface area contributed by atoms with Gasteiger partial charge in [-0.1, -0.05) is 0 Å². The number of anilines is 2. The van der Waals surface area contributed by atoms with E-state index in [-0.39, 0.29) is 24.5 Å². The second-order valence-electron chi connectivity index (χ2n) is 5.96. The van der Waals surface area contributed by atoms with Crippen molar-refractivity contribution in [2.75, 3.05) is 23.8 Å². The third-order valence-corrected chi connectivity index (χ3v) is 5.02. The number of hydrogen-bond acceptors (Lipinski definition) is 6. The van der Waals surface area contributed by atoms with Gasteiger partial charge in [-0.3, -0.25) is 14.9 Å². The average molecular weight is 359 g/mol. The molecule has 0 unspecified atom stereocenters. The van der Waals surface area contributed by atoms with Gasteiger partial charge in [-0.15, -0.1) is 11.3 Å². The number of ether oxygens (including phenoxy) is 2. The summed E-state index contributed by atoms with van der Waals surface area (Å²) >= 11 is 1.42. The van der Waals surface area contributed by atoms with Crippen molar-refractivity contribution in [1.82, 2.24) is 4.98 Å². The first-order chi connectivity index (χ1) is 12.1. The summed E-state index contributed by atoms with van der Waals surface area (Å²) in [5, 5.41) is 6.17. The van der Waals surface area contributed by atoms with Gasteiger partial charge in [0.1, 0.15) is 11.9 Å². The fourth-order valence-electron chi connectivity index (χ4n) is 2.92. The van der Waals surface area contributed by atoms with E-state index in [9.17, 15) is 9.59 Å². The molecule has 8 heteroatoms. The van der Waals surface area contributed by atoms with Crippen molar-refractivity contribution in [1.29, 1.82) is 0 Å². The second-order valence-corrected chi connectivity index (χ2v) is 7.17. The maximum absolute atomic E-state index is 12.2. The average Bonchev–Trinajstić information content (AvgIpc) is 3.24. The van der Waals surface area contributed by atoms with Gasteiger partial charge < -0.3 is 14.8 Å². The van der Waals surface area contributed by atoms with E-state index < -0.39 is 0 Å². The van der Waals surface area contributed by atoms with Gasteiger partial charge in [0.05, 0.1) is 11.4 Å². The fraction of sp³-hybridized carbons (Fsp3) is 0.353. The van der Waals surface area contributed by atoms with Crippen molar-refractivity contribution in [2.24, 2.45) is 0 Å². The molecular formula is C17H17N3O4S. The fourth-order valence-corrected chi connectivity index (χ4v) is 3.76. The summed E-state index contributed by atoms with van der Waals surface area (Å²) < 4.78 is 10.8. The van der Waals surface area contributed by atoms with Gasteiger partial charge in [0.25, 0.3) is 11.8 Å². The van der Waals surface area contributed by atoms with Crippen LogP contribution in [0.4, 0.5) is 10.8 Å². The number of rotatable bonds is 3. The summed E-state index contributed by atoms with van der Waals surface area (Å²) in [5.41, 5.74) is 2.26. The van der Waals surface area contributed by atoms with Crippen molar-refractivity contribution >= 4 is 34.0 Å². The van der Waals surface area contributed by atoms with E-state index in [0.29, 0.717) is 23.2 Å². The lowest BCUT2D eigenvalue weighted by atomic mass is 10.1. The monoisotopic (exact) mass is 359 g/mol. The number of carbonyl (C=O) groups excluding carboxylic acids is 2. The molecule has 1 fully saturated rings. The van der Waals surface area contributed by atoms with E-state index in [1.54, 1.807) is 0 Å². The number of aryl methyl sites for hydroxylation is 1. The molecule has 1 saturated heterocycles. The first-order valence-corrected chi connectivity index (χ1v) is 8.89. The minimum Gasteiger partial charge on any atom is -0.482 e. The molecule has 7 nitrogen and oxygen atoms in total. The zero-order chi connectivity index (χ0) is 17.4. The highest BCUT2D eigenvalue weighted by molar-refractivity contribution is 7.16. The zero-order valence-corrected chi connectivity index (χ0v) is 14.4. The van der Waals surface area contributed by atoms with Crippen LogP contribution in [0.25, 0.3) is 11.3 Å². The van der Waals surface area contributed by atoms with Crippen molar-refractivity contribution in [3.63, 3.8) is 0 Å². The third-order valence-electron chi connectivity index (χ3n) is 4.13. The number of aromatic nitrogens is 1. The Labute approximate surface area is 148 Å². The Morgan fingerprint density at radius 3 is 3.12 bits per heavy atom. The van der Waals surface area contributed by atoms with Gasteiger partial charge in [-0.05, 0) is 38.0 Å². The van der Waals surface area contributed by atoms with Crippen LogP contribution in [0, 0.1) is 6.92 Å². The summed E-state index contributed by atoms with van der Waals surface area (Å²) in [7, 11) is 0. The van der Waals surface area contributed by atoms with E-state index >= 15 is 0 Å². The van der Waals surface area contributed by atoms with Crippen LogP contribution in [0.15, 0.2) is 18.2 Å². The highest BCUT2D eigenvalue weighted by Crippen LogP contribution is 2.36. The molecule has 0 spiro atoms. The van der Waals surface area contributed by atoms with E-state index in [4.69, 9.17) is 9.47 Å². The number of carbonyl (C=O) groups is 2. The second kappa shape index (κ2) is 6.45. The van der Waals surface area contributed by atoms with Gasteiger partial charge in [0.2, 0.25) is 0 Å². The highest BCUT2D eigenvalue weighted by Gasteiger charge is 2.25. The number of fused-ring (bicyclic) bond motifs is 1. The Hall–Kier alpha value is -2.45. The van der Waals surface area contributed by atoms with Gasteiger partial charge in [0, 0.05) is 17.0 Å². The maximum atomic E-state index is 12.2. The molecule has 0 radical (unpaired) electrons. The molecule has 2 aliphatic heterocycles. The molecule has 1 aromatic heterocycles. The first-order valence-electron chi connectivity index (χ1n) is 8.07. The lowest BCUT2D eigenvalue weighted by molar-refractivity contribution is -0.124. The molecule has 2 N–H and O–H groups in total. The number of nitrogens with zero attached hydrogens (tertiary/aromatic N) is 1. The van der Waals surface area contributed by atoms with E-state index in [1.165, 1.54) is 11.3 Å². The summed E-state index contributed by atoms with van der Waals surface area (Å²) in [4.78, 5) is 29.2. The van der Waals surface area contributed by atoms with Crippen LogP contribution in [0.1, 0.15) is 17.7 Å². The minimum absolute atomic E-state index is 0.0293.